The van der Waals surface area contributed by atoms with Crippen molar-refractivity contribution in [3.63, 3.8) is 0 Å². The Morgan fingerprint density at radius 2 is 1.06 bits per heavy atom. The monoisotopic (exact) mass is 658 g/mol. The maximum atomic E-state index is 6.48. The molecule has 0 amide bonds. The zero-order chi connectivity index (χ0) is 33.0. The van der Waals surface area contributed by atoms with E-state index in [1.165, 1.54) is 20.2 Å². The minimum atomic E-state index is 0.614. The molecule has 6 heteroatoms. The van der Waals surface area contributed by atoms with E-state index < -0.39 is 0 Å². The zero-order valence-electron chi connectivity index (χ0n) is 26.6. The maximum Gasteiger partial charge on any atom is 0.227 e. The predicted octanol–water partition coefficient (Wildman–Crippen LogP) is 11.9. The number of aromatic nitrogens is 4. The highest BCUT2D eigenvalue weighted by atomic mass is 32.1. The first kappa shape index (κ1) is 28.5. The van der Waals surface area contributed by atoms with Crippen LogP contribution in [0.1, 0.15) is 0 Å². The molecule has 50 heavy (non-hydrogen) atoms. The molecule has 0 N–H and O–H groups in total. The van der Waals surface area contributed by atoms with E-state index in [1.807, 2.05) is 60.7 Å². The number of fused-ring (bicyclic) bond motifs is 6. The highest BCUT2D eigenvalue weighted by molar-refractivity contribution is 7.26. The van der Waals surface area contributed by atoms with Crippen LogP contribution < -0.4 is 0 Å². The molecule has 10 rings (SSSR count). The first-order valence-corrected chi connectivity index (χ1v) is 17.3. The van der Waals surface area contributed by atoms with Crippen LogP contribution in [-0.4, -0.2) is 19.9 Å². The van der Waals surface area contributed by atoms with E-state index in [4.69, 9.17) is 24.4 Å². The Bertz CT molecular complexity index is 2880. The molecule has 0 fully saturated rings. The molecule has 10 aromatic rings. The van der Waals surface area contributed by atoms with Gasteiger partial charge in [-0.15, -0.1) is 11.3 Å². The first-order chi connectivity index (χ1) is 24.7. The topological polar surface area (TPSA) is 64.7 Å². The summed E-state index contributed by atoms with van der Waals surface area (Å²) in [6.45, 7) is 0. The number of benzene rings is 7. The summed E-state index contributed by atoms with van der Waals surface area (Å²) < 4.78 is 8.86. The lowest BCUT2D eigenvalue weighted by atomic mass is 9.99. The Hall–Kier alpha value is -6.50. The van der Waals surface area contributed by atoms with Crippen LogP contribution in [-0.2, 0) is 0 Å². The van der Waals surface area contributed by atoms with Crippen molar-refractivity contribution >= 4 is 53.4 Å². The molecule has 0 bridgehead atoms. The van der Waals surface area contributed by atoms with Crippen LogP contribution in [0.25, 0.3) is 98.8 Å². The van der Waals surface area contributed by atoms with Gasteiger partial charge in [0.1, 0.15) is 5.52 Å². The van der Waals surface area contributed by atoms with Crippen LogP contribution in [0.4, 0.5) is 0 Å². The summed E-state index contributed by atoms with van der Waals surface area (Å²) >= 11 is 1.78. The van der Waals surface area contributed by atoms with Crippen LogP contribution in [0.2, 0.25) is 0 Å². The number of nitrogens with zero attached hydrogens (tertiary/aromatic N) is 4. The van der Waals surface area contributed by atoms with Crippen molar-refractivity contribution in [1.82, 2.24) is 19.9 Å². The van der Waals surface area contributed by atoms with Crippen molar-refractivity contribution in [1.29, 1.82) is 0 Å². The van der Waals surface area contributed by atoms with Crippen molar-refractivity contribution in [2.75, 3.05) is 0 Å². The van der Waals surface area contributed by atoms with Crippen molar-refractivity contribution in [2.24, 2.45) is 0 Å². The van der Waals surface area contributed by atoms with Gasteiger partial charge in [0.15, 0.2) is 23.1 Å². The highest BCUT2D eigenvalue weighted by Crippen LogP contribution is 2.45. The van der Waals surface area contributed by atoms with Crippen LogP contribution in [0, 0.1) is 0 Å². The van der Waals surface area contributed by atoms with Gasteiger partial charge >= 0.3 is 0 Å². The summed E-state index contributed by atoms with van der Waals surface area (Å²) in [7, 11) is 0. The van der Waals surface area contributed by atoms with Gasteiger partial charge in [-0.05, 0) is 52.7 Å². The van der Waals surface area contributed by atoms with E-state index in [2.05, 4.69) is 97.1 Å². The van der Waals surface area contributed by atoms with Crippen molar-refractivity contribution in [2.45, 2.75) is 0 Å². The second-order valence-corrected chi connectivity index (χ2v) is 13.3. The standard InChI is InChI=1S/C44H26N4OS/c1-3-13-28(14-4-1)41-46-42(48-43(47-41)33-23-22-27-12-7-8-17-30(27)24-33)32-19-11-18-31(25-32)35-26-36-39(45-44(49-36)29-15-5-2-6-16-29)38-34-20-9-10-21-37(34)50-40(35)38/h1-26H. The predicted molar refractivity (Wildman–Crippen MR) is 205 cm³/mol. The largest absolute Gasteiger partial charge is 0.436 e. The number of oxazole rings is 1. The Labute approximate surface area is 291 Å². The summed E-state index contributed by atoms with van der Waals surface area (Å²) in [5, 5.41) is 4.60. The quantitative estimate of drug-likeness (QED) is 0.184. The zero-order valence-corrected chi connectivity index (χ0v) is 27.4. The van der Waals surface area contributed by atoms with Crippen LogP contribution in [0.5, 0.6) is 0 Å². The minimum absolute atomic E-state index is 0.614. The molecule has 0 radical (unpaired) electrons. The molecule has 3 aromatic heterocycles. The van der Waals surface area contributed by atoms with Crippen LogP contribution in [0.3, 0.4) is 0 Å². The SMILES string of the molecule is c1ccc(-c2nc(-c3cccc(-c4cc5oc(-c6ccccc6)nc5c5c4sc4ccccc45)c3)nc(-c3ccc4ccccc4c3)n2)cc1. The van der Waals surface area contributed by atoms with Gasteiger partial charge < -0.3 is 4.42 Å². The second kappa shape index (κ2) is 11.6. The Kier molecular flexibility index (Phi) is 6.60. The molecule has 7 aromatic carbocycles. The Morgan fingerprint density at radius 3 is 1.86 bits per heavy atom. The van der Waals surface area contributed by atoms with Crippen molar-refractivity contribution in [3.8, 4) is 56.7 Å². The third kappa shape index (κ3) is 4.85. The molecule has 0 saturated heterocycles. The molecule has 0 saturated carbocycles. The smallest absolute Gasteiger partial charge is 0.227 e. The molecule has 0 aliphatic rings. The highest BCUT2D eigenvalue weighted by Gasteiger charge is 2.20. The first-order valence-electron chi connectivity index (χ1n) is 16.5. The summed E-state index contributed by atoms with van der Waals surface area (Å²) in [6.07, 6.45) is 0. The fourth-order valence-corrected chi connectivity index (χ4v) is 7.94. The minimum Gasteiger partial charge on any atom is -0.436 e. The van der Waals surface area contributed by atoms with E-state index in [-0.39, 0.29) is 0 Å². The molecule has 0 unspecified atom stereocenters. The molecule has 3 heterocycles. The number of hydrogen-bond donors (Lipinski definition) is 0. The van der Waals surface area contributed by atoms with Gasteiger partial charge in [0, 0.05) is 48.0 Å². The third-order valence-corrected chi connectivity index (χ3v) is 10.3. The normalized spacial score (nSPS) is 11.6. The molecule has 234 valence electrons. The number of hydrogen-bond acceptors (Lipinski definition) is 6. The molecule has 5 nitrogen and oxygen atoms in total. The summed E-state index contributed by atoms with van der Waals surface area (Å²) in [4.78, 5) is 20.1. The van der Waals surface area contributed by atoms with Gasteiger partial charge in [-0.25, -0.2) is 19.9 Å². The maximum absolute atomic E-state index is 6.48. The fraction of sp³-hybridized carbons (Fsp3) is 0. The third-order valence-electron chi connectivity index (χ3n) is 9.13. The van der Waals surface area contributed by atoms with E-state index in [0.29, 0.717) is 23.4 Å². The van der Waals surface area contributed by atoms with Gasteiger partial charge in [-0.2, -0.15) is 0 Å². The van der Waals surface area contributed by atoms with E-state index in [9.17, 15) is 0 Å². The molecule has 0 aliphatic heterocycles. The summed E-state index contributed by atoms with van der Waals surface area (Å²) in [6, 6.07) is 54.0. The summed E-state index contributed by atoms with van der Waals surface area (Å²) in [5.74, 6) is 2.49. The molecule has 0 spiro atoms. The fourth-order valence-electron chi connectivity index (χ4n) is 6.70. The van der Waals surface area contributed by atoms with Gasteiger partial charge in [-0.1, -0.05) is 121 Å². The number of thiophene rings is 1. The average molecular weight is 659 g/mol. The van der Waals surface area contributed by atoms with Crippen molar-refractivity contribution < 1.29 is 4.42 Å². The van der Waals surface area contributed by atoms with Crippen molar-refractivity contribution in [3.05, 3.63) is 158 Å². The molecule has 0 aliphatic carbocycles. The lowest BCUT2D eigenvalue weighted by Gasteiger charge is -2.10. The van der Waals surface area contributed by atoms with Crippen LogP contribution in [0.15, 0.2) is 162 Å². The van der Waals surface area contributed by atoms with Gasteiger partial charge in [-0.3, -0.25) is 0 Å². The lowest BCUT2D eigenvalue weighted by Crippen LogP contribution is -2.00. The molecular formula is C44H26N4OS. The molecule has 0 atom stereocenters. The summed E-state index contributed by atoms with van der Waals surface area (Å²) in [5.41, 5.74) is 7.49. The second-order valence-electron chi connectivity index (χ2n) is 12.3. The van der Waals surface area contributed by atoms with Crippen LogP contribution >= 0.6 is 11.3 Å². The number of rotatable bonds is 5. The Morgan fingerprint density at radius 1 is 0.440 bits per heavy atom. The van der Waals surface area contributed by atoms with E-state index >= 15 is 0 Å². The lowest BCUT2D eigenvalue weighted by molar-refractivity contribution is 0.620. The van der Waals surface area contributed by atoms with E-state index in [0.717, 1.165) is 55.3 Å². The van der Waals surface area contributed by atoms with Gasteiger partial charge in [0.25, 0.3) is 0 Å². The van der Waals surface area contributed by atoms with E-state index in [1.54, 1.807) is 11.3 Å². The van der Waals surface area contributed by atoms with Gasteiger partial charge in [0.2, 0.25) is 5.89 Å². The Balaban J connectivity index is 1.17. The molecular weight excluding hydrogens is 633 g/mol. The average Bonchev–Trinajstić information content (AvgIpc) is 3.80. The van der Waals surface area contributed by atoms with Gasteiger partial charge in [0.05, 0.1) is 0 Å².